The Morgan fingerprint density at radius 1 is 0.962 bits per heavy atom. The van der Waals surface area contributed by atoms with Crippen molar-refractivity contribution < 1.29 is 14.3 Å². The average molecular weight is 358 g/mol. The van der Waals surface area contributed by atoms with Crippen LogP contribution < -0.4 is 5.32 Å². The molecular formula is C21H30N2O3. The van der Waals surface area contributed by atoms with Crippen LogP contribution in [0, 0.1) is 32.6 Å². The molecule has 0 bridgehead atoms. The number of carbonyl (C=O) groups excluding carboxylic acids is 2. The molecule has 1 heterocycles. The number of nitrogens with zero attached hydrogens (tertiary/aromatic N) is 1. The Morgan fingerprint density at radius 3 is 2.08 bits per heavy atom. The van der Waals surface area contributed by atoms with Crippen molar-refractivity contribution in [3.05, 3.63) is 28.8 Å². The summed E-state index contributed by atoms with van der Waals surface area (Å²) in [6.07, 6.45) is 3.19. The number of carbonyl (C=O) groups is 2. The number of anilines is 1. The van der Waals surface area contributed by atoms with Gasteiger partial charge in [0.2, 0.25) is 11.8 Å². The van der Waals surface area contributed by atoms with Crippen LogP contribution in [0.15, 0.2) is 12.1 Å². The molecule has 1 aliphatic heterocycles. The fourth-order valence-corrected chi connectivity index (χ4v) is 4.25. The minimum Gasteiger partial charge on any atom is -0.378 e. The maximum Gasteiger partial charge on any atom is 0.227 e. The van der Waals surface area contributed by atoms with E-state index in [1.807, 2.05) is 18.7 Å². The average Bonchev–Trinajstić information content (AvgIpc) is 2.64. The minimum absolute atomic E-state index is 0.00356. The Labute approximate surface area is 156 Å². The first kappa shape index (κ1) is 18.9. The number of benzene rings is 1. The third-order valence-corrected chi connectivity index (χ3v) is 5.70. The molecular weight excluding hydrogens is 328 g/mol. The van der Waals surface area contributed by atoms with Gasteiger partial charge in [-0.15, -0.1) is 0 Å². The Morgan fingerprint density at radius 2 is 1.50 bits per heavy atom. The molecule has 0 unspecified atom stereocenters. The second-order valence-electron chi connectivity index (χ2n) is 7.75. The van der Waals surface area contributed by atoms with Gasteiger partial charge in [-0.05, 0) is 57.6 Å². The van der Waals surface area contributed by atoms with Crippen molar-refractivity contribution in [3.8, 4) is 0 Å². The van der Waals surface area contributed by atoms with Crippen molar-refractivity contribution in [3.63, 3.8) is 0 Å². The molecule has 2 amide bonds. The van der Waals surface area contributed by atoms with Crippen molar-refractivity contribution in [2.75, 3.05) is 31.6 Å². The maximum absolute atomic E-state index is 12.7. The SMILES string of the molecule is Cc1cc(C)c(NC(=O)C2CCC(C(=O)N3CCOCC3)CC2)c(C)c1. The second kappa shape index (κ2) is 8.21. The molecule has 1 aromatic carbocycles. The van der Waals surface area contributed by atoms with Crippen molar-refractivity contribution in [1.82, 2.24) is 4.90 Å². The van der Waals surface area contributed by atoms with Crippen molar-refractivity contribution in [2.24, 2.45) is 11.8 Å². The van der Waals surface area contributed by atoms with Crippen LogP contribution in [0.1, 0.15) is 42.4 Å². The van der Waals surface area contributed by atoms with Gasteiger partial charge < -0.3 is 15.0 Å². The molecule has 1 saturated carbocycles. The number of hydrogen-bond acceptors (Lipinski definition) is 3. The smallest absolute Gasteiger partial charge is 0.227 e. The lowest BCUT2D eigenvalue weighted by molar-refractivity contribution is -0.141. The second-order valence-corrected chi connectivity index (χ2v) is 7.75. The maximum atomic E-state index is 12.7. The molecule has 142 valence electrons. The van der Waals surface area contributed by atoms with E-state index in [0.717, 1.165) is 42.5 Å². The van der Waals surface area contributed by atoms with Crippen LogP contribution in [0.3, 0.4) is 0 Å². The van der Waals surface area contributed by atoms with E-state index in [0.29, 0.717) is 26.3 Å². The Balaban J connectivity index is 1.54. The summed E-state index contributed by atoms with van der Waals surface area (Å²) in [6, 6.07) is 4.20. The highest BCUT2D eigenvalue weighted by Crippen LogP contribution is 2.32. The number of morpholine rings is 1. The largest absolute Gasteiger partial charge is 0.378 e. The molecule has 2 aliphatic rings. The lowest BCUT2D eigenvalue weighted by Gasteiger charge is -2.33. The molecule has 0 atom stereocenters. The molecule has 0 aromatic heterocycles. The van der Waals surface area contributed by atoms with E-state index in [4.69, 9.17) is 4.74 Å². The van der Waals surface area contributed by atoms with Gasteiger partial charge in [0.15, 0.2) is 0 Å². The highest BCUT2D eigenvalue weighted by Gasteiger charge is 2.32. The Hall–Kier alpha value is -1.88. The molecule has 0 spiro atoms. The predicted octanol–water partition coefficient (Wildman–Crippen LogP) is 3.22. The van der Waals surface area contributed by atoms with Gasteiger partial charge in [-0.3, -0.25) is 9.59 Å². The standard InChI is InChI=1S/C21H30N2O3/c1-14-12-15(2)19(16(3)13-14)22-20(24)17-4-6-18(7-5-17)21(25)23-8-10-26-11-9-23/h12-13,17-18H,4-11H2,1-3H3,(H,22,24). The normalized spacial score (nSPS) is 23.6. The Bertz CT molecular complexity index is 649. The van der Waals surface area contributed by atoms with Gasteiger partial charge in [0.1, 0.15) is 0 Å². The van der Waals surface area contributed by atoms with E-state index >= 15 is 0 Å². The van der Waals surface area contributed by atoms with Gasteiger partial charge in [0.25, 0.3) is 0 Å². The number of nitrogens with one attached hydrogen (secondary N) is 1. The first-order chi connectivity index (χ1) is 12.5. The van der Waals surface area contributed by atoms with Crippen molar-refractivity contribution >= 4 is 17.5 Å². The highest BCUT2D eigenvalue weighted by atomic mass is 16.5. The summed E-state index contributed by atoms with van der Waals surface area (Å²) in [5.74, 6) is 0.415. The van der Waals surface area contributed by atoms with E-state index in [1.165, 1.54) is 5.56 Å². The van der Waals surface area contributed by atoms with Gasteiger partial charge >= 0.3 is 0 Å². The van der Waals surface area contributed by atoms with Crippen LogP contribution in [0.5, 0.6) is 0 Å². The van der Waals surface area contributed by atoms with Gasteiger partial charge in [0, 0.05) is 30.6 Å². The lowest BCUT2D eigenvalue weighted by Crippen LogP contribution is -2.44. The molecule has 1 N–H and O–H groups in total. The van der Waals surface area contributed by atoms with E-state index in [-0.39, 0.29) is 23.7 Å². The fraction of sp³-hybridized carbons (Fsp3) is 0.619. The number of amides is 2. The van der Waals surface area contributed by atoms with Gasteiger partial charge in [-0.1, -0.05) is 17.7 Å². The molecule has 5 heteroatoms. The van der Waals surface area contributed by atoms with Crippen LogP contribution in [0.4, 0.5) is 5.69 Å². The van der Waals surface area contributed by atoms with Gasteiger partial charge in [-0.25, -0.2) is 0 Å². The van der Waals surface area contributed by atoms with Gasteiger partial charge in [0.05, 0.1) is 13.2 Å². The zero-order valence-electron chi connectivity index (χ0n) is 16.1. The van der Waals surface area contributed by atoms with Crippen LogP contribution in [0.2, 0.25) is 0 Å². The lowest BCUT2D eigenvalue weighted by atomic mass is 9.80. The monoisotopic (exact) mass is 358 g/mol. The molecule has 2 fully saturated rings. The zero-order valence-corrected chi connectivity index (χ0v) is 16.1. The number of rotatable bonds is 3. The number of aryl methyl sites for hydroxylation is 3. The molecule has 5 nitrogen and oxygen atoms in total. The van der Waals surface area contributed by atoms with Crippen LogP contribution >= 0.6 is 0 Å². The molecule has 26 heavy (non-hydrogen) atoms. The first-order valence-electron chi connectivity index (χ1n) is 9.71. The number of hydrogen-bond donors (Lipinski definition) is 1. The van der Waals surface area contributed by atoms with E-state index in [9.17, 15) is 9.59 Å². The predicted molar refractivity (Wildman–Crippen MR) is 102 cm³/mol. The summed E-state index contributed by atoms with van der Waals surface area (Å²) in [6.45, 7) is 8.81. The molecule has 1 aliphatic carbocycles. The van der Waals surface area contributed by atoms with E-state index in [1.54, 1.807) is 0 Å². The summed E-state index contributed by atoms with van der Waals surface area (Å²) >= 11 is 0. The Kier molecular flexibility index (Phi) is 5.97. The molecule has 3 rings (SSSR count). The van der Waals surface area contributed by atoms with Gasteiger partial charge in [-0.2, -0.15) is 0 Å². The molecule has 1 aromatic rings. The van der Waals surface area contributed by atoms with Crippen molar-refractivity contribution in [2.45, 2.75) is 46.5 Å². The zero-order chi connectivity index (χ0) is 18.7. The topological polar surface area (TPSA) is 58.6 Å². The van der Waals surface area contributed by atoms with Crippen LogP contribution in [0.25, 0.3) is 0 Å². The van der Waals surface area contributed by atoms with E-state index < -0.39 is 0 Å². The summed E-state index contributed by atoms with van der Waals surface area (Å²) in [5.41, 5.74) is 4.35. The summed E-state index contributed by atoms with van der Waals surface area (Å²) in [7, 11) is 0. The highest BCUT2D eigenvalue weighted by molar-refractivity contribution is 5.94. The molecule has 0 radical (unpaired) electrons. The van der Waals surface area contributed by atoms with Crippen LogP contribution in [-0.4, -0.2) is 43.0 Å². The third kappa shape index (κ3) is 4.26. The van der Waals surface area contributed by atoms with Crippen LogP contribution in [-0.2, 0) is 14.3 Å². The van der Waals surface area contributed by atoms with Crippen molar-refractivity contribution in [1.29, 1.82) is 0 Å². The summed E-state index contributed by atoms with van der Waals surface area (Å²) < 4.78 is 5.32. The quantitative estimate of drug-likeness (QED) is 0.903. The fourth-order valence-electron chi connectivity index (χ4n) is 4.25. The summed E-state index contributed by atoms with van der Waals surface area (Å²) in [5, 5.41) is 3.13. The third-order valence-electron chi connectivity index (χ3n) is 5.70. The molecule has 1 saturated heterocycles. The first-order valence-corrected chi connectivity index (χ1v) is 9.71. The number of ether oxygens (including phenoxy) is 1. The summed E-state index contributed by atoms with van der Waals surface area (Å²) in [4.78, 5) is 27.2. The van der Waals surface area contributed by atoms with E-state index in [2.05, 4.69) is 24.4 Å². The minimum atomic E-state index is 0.00356.